The molecule has 0 aliphatic heterocycles. The molecule has 1 aliphatic carbocycles. The Balaban J connectivity index is 1.95. The number of hydrogen-bond acceptors (Lipinski definition) is 4. The van der Waals surface area contributed by atoms with Crippen molar-refractivity contribution in [1.29, 1.82) is 0 Å². The number of aromatic nitrogens is 1. The van der Waals surface area contributed by atoms with Gasteiger partial charge in [0, 0.05) is 18.7 Å². The largest absolute Gasteiger partial charge is 0.391 e. The minimum atomic E-state index is 0.102. The van der Waals surface area contributed by atoms with Crippen molar-refractivity contribution in [2.24, 2.45) is 0 Å². The number of anilines is 2. The zero-order chi connectivity index (χ0) is 13.4. The molecule has 0 spiro atoms. The SMILES string of the molecule is Cc1ccccc1N(C)c1nc(C2CC2)c(CO)s1. The van der Waals surface area contributed by atoms with Gasteiger partial charge in [0.1, 0.15) is 0 Å². The van der Waals surface area contributed by atoms with Crippen molar-refractivity contribution in [2.45, 2.75) is 32.3 Å². The summed E-state index contributed by atoms with van der Waals surface area (Å²) in [6.45, 7) is 2.21. The molecule has 0 radical (unpaired) electrons. The van der Waals surface area contributed by atoms with E-state index in [0.29, 0.717) is 5.92 Å². The average Bonchev–Trinajstić information content (AvgIpc) is 3.18. The van der Waals surface area contributed by atoms with Crippen LogP contribution in [0.2, 0.25) is 0 Å². The zero-order valence-electron chi connectivity index (χ0n) is 11.3. The van der Waals surface area contributed by atoms with Crippen molar-refractivity contribution in [3.63, 3.8) is 0 Å². The van der Waals surface area contributed by atoms with Crippen LogP contribution in [0.1, 0.15) is 34.9 Å². The molecule has 1 fully saturated rings. The fraction of sp³-hybridized carbons (Fsp3) is 0.400. The lowest BCUT2D eigenvalue weighted by atomic mass is 10.2. The van der Waals surface area contributed by atoms with E-state index in [1.165, 1.54) is 24.1 Å². The second-order valence-corrected chi connectivity index (χ2v) is 6.14. The lowest BCUT2D eigenvalue weighted by molar-refractivity contribution is 0.284. The zero-order valence-corrected chi connectivity index (χ0v) is 12.1. The van der Waals surface area contributed by atoms with Gasteiger partial charge in [-0.15, -0.1) is 0 Å². The van der Waals surface area contributed by atoms with E-state index in [0.717, 1.165) is 15.7 Å². The summed E-state index contributed by atoms with van der Waals surface area (Å²) < 4.78 is 0. The first-order valence-electron chi connectivity index (χ1n) is 6.60. The minimum absolute atomic E-state index is 0.102. The third-order valence-corrected chi connectivity index (χ3v) is 4.72. The van der Waals surface area contributed by atoms with E-state index < -0.39 is 0 Å². The monoisotopic (exact) mass is 274 g/mol. The Labute approximate surface area is 117 Å². The first kappa shape index (κ1) is 12.6. The third kappa shape index (κ3) is 2.38. The van der Waals surface area contributed by atoms with Crippen molar-refractivity contribution >= 4 is 22.2 Å². The van der Waals surface area contributed by atoms with Gasteiger partial charge in [-0.25, -0.2) is 4.98 Å². The molecule has 1 aromatic heterocycles. The second-order valence-electron chi connectivity index (χ2n) is 5.08. The highest BCUT2D eigenvalue weighted by molar-refractivity contribution is 7.15. The Morgan fingerprint density at radius 1 is 1.37 bits per heavy atom. The van der Waals surface area contributed by atoms with Gasteiger partial charge in [0.25, 0.3) is 0 Å². The van der Waals surface area contributed by atoms with Gasteiger partial charge in [0.05, 0.1) is 17.2 Å². The lowest BCUT2D eigenvalue weighted by Gasteiger charge is -2.18. The minimum Gasteiger partial charge on any atom is -0.391 e. The van der Waals surface area contributed by atoms with E-state index in [-0.39, 0.29) is 6.61 Å². The summed E-state index contributed by atoms with van der Waals surface area (Å²) in [5, 5.41) is 10.4. The summed E-state index contributed by atoms with van der Waals surface area (Å²) in [7, 11) is 2.04. The van der Waals surface area contributed by atoms with Gasteiger partial charge in [0.15, 0.2) is 5.13 Å². The Morgan fingerprint density at radius 2 is 2.11 bits per heavy atom. The molecule has 100 valence electrons. The Kier molecular flexibility index (Phi) is 3.29. The fourth-order valence-electron chi connectivity index (χ4n) is 2.33. The molecule has 1 saturated carbocycles. The molecule has 0 amide bonds. The van der Waals surface area contributed by atoms with Crippen molar-refractivity contribution in [1.82, 2.24) is 4.98 Å². The maximum atomic E-state index is 9.47. The van der Waals surface area contributed by atoms with Crippen molar-refractivity contribution in [2.75, 3.05) is 11.9 Å². The number of aliphatic hydroxyl groups is 1. The normalized spacial score (nSPS) is 14.7. The number of benzene rings is 1. The van der Waals surface area contributed by atoms with Gasteiger partial charge < -0.3 is 10.0 Å². The lowest BCUT2D eigenvalue weighted by Crippen LogP contribution is -2.10. The summed E-state index contributed by atoms with van der Waals surface area (Å²) in [6, 6.07) is 8.30. The Morgan fingerprint density at radius 3 is 2.74 bits per heavy atom. The molecule has 19 heavy (non-hydrogen) atoms. The summed E-state index contributed by atoms with van der Waals surface area (Å²) in [5.74, 6) is 0.581. The van der Waals surface area contributed by atoms with E-state index in [1.54, 1.807) is 11.3 Å². The molecule has 3 rings (SSSR count). The molecule has 0 unspecified atom stereocenters. The van der Waals surface area contributed by atoms with Crippen LogP contribution in [-0.4, -0.2) is 17.1 Å². The number of para-hydroxylation sites is 1. The smallest absolute Gasteiger partial charge is 0.190 e. The van der Waals surface area contributed by atoms with Crippen LogP contribution in [0.4, 0.5) is 10.8 Å². The van der Waals surface area contributed by atoms with E-state index in [9.17, 15) is 5.11 Å². The van der Waals surface area contributed by atoms with Crippen LogP contribution in [0.15, 0.2) is 24.3 Å². The maximum Gasteiger partial charge on any atom is 0.190 e. The van der Waals surface area contributed by atoms with Crippen LogP contribution in [0.5, 0.6) is 0 Å². The fourth-order valence-corrected chi connectivity index (χ4v) is 3.31. The van der Waals surface area contributed by atoms with Crippen LogP contribution in [-0.2, 0) is 6.61 Å². The number of aryl methyl sites for hydroxylation is 1. The summed E-state index contributed by atoms with van der Waals surface area (Å²) in [6.07, 6.45) is 2.43. The molecular weight excluding hydrogens is 256 g/mol. The predicted molar refractivity (Wildman–Crippen MR) is 79.3 cm³/mol. The molecule has 1 heterocycles. The van der Waals surface area contributed by atoms with Gasteiger partial charge in [-0.2, -0.15) is 0 Å². The van der Waals surface area contributed by atoms with Crippen LogP contribution >= 0.6 is 11.3 Å². The van der Waals surface area contributed by atoms with Crippen LogP contribution in [0, 0.1) is 6.92 Å². The molecule has 0 atom stereocenters. The van der Waals surface area contributed by atoms with Gasteiger partial charge in [-0.3, -0.25) is 0 Å². The quantitative estimate of drug-likeness (QED) is 0.925. The molecule has 2 aromatic rings. The second kappa shape index (κ2) is 4.94. The highest BCUT2D eigenvalue weighted by Gasteiger charge is 2.30. The maximum absolute atomic E-state index is 9.47. The summed E-state index contributed by atoms with van der Waals surface area (Å²) in [4.78, 5) is 7.89. The van der Waals surface area contributed by atoms with Crippen molar-refractivity contribution < 1.29 is 5.11 Å². The highest BCUT2D eigenvalue weighted by Crippen LogP contribution is 2.44. The highest BCUT2D eigenvalue weighted by atomic mass is 32.1. The first-order valence-corrected chi connectivity index (χ1v) is 7.42. The van der Waals surface area contributed by atoms with Crippen LogP contribution in [0.25, 0.3) is 0 Å². The van der Waals surface area contributed by atoms with E-state index in [1.807, 2.05) is 19.2 Å². The van der Waals surface area contributed by atoms with Gasteiger partial charge in [-0.1, -0.05) is 29.5 Å². The van der Waals surface area contributed by atoms with Crippen LogP contribution < -0.4 is 4.90 Å². The molecule has 1 N–H and O–H groups in total. The van der Waals surface area contributed by atoms with Gasteiger partial charge in [-0.05, 0) is 31.4 Å². The van der Waals surface area contributed by atoms with Crippen molar-refractivity contribution in [3.05, 3.63) is 40.4 Å². The Hall–Kier alpha value is -1.39. The average molecular weight is 274 g/mol. The van der Waals surface area contributed by atoms with E-state index in [2.05, 4.69) is 24.0 Å². The number of rotatable bonds is 4. The predicted octanol–water partition coefficient (Wildman–Crippen LogP) is 3.59. The number of aliphatic hydroxyl groups excluding tert-OH is 1. The molecule has 3 nitrogen and oxygen atoms in total. The topological polar surface area (TPSA) is 36.4 Å². The van der Waals surface area contributed by atoms with E-state index in [4.69, 9.17) is 4.98 Å². The Bertz CT molecular complexity index is 590. The molecule has 0 saturated heterocycles. The molecule has 1 aliphatic rings. The van der Waals surface area contributed by atoms with Crippen LogP contribution in [0.3, 0.4) is 0 Å². The standard InChI is InChI=1S/C15H18N2OS/c1-10-5-3-4-6-12(10)17(2)15-16-14(11-7-8-11)13(9-18)19-15/h3-6,11,18H,7-9H2,1-2H3. The van der Waals surface area contributed by atoms with Gasteiger partial charge >= 0.3 is 0 Å². The number of thiazole rings is 1. The van der Waals surface area contributed by atoms with E-state index >= 15 is 0 Å². The molecule has 0 bridgehead atoms. The third-order valence-electron chi connectivity index (χ3n) is 3.59. The molecular formula is C15H18N2OS. The van der Waals surface area contributed by atoms with Crippen molar-refractivity contribution in [3.8, 4) is 0 Å². The van der Waals surface area contributed by atoms with Gasteiger partial charge in [0.2, 0.25) is 0 Å². The number of nitrogens with zero attached hydrogens (tertiary/aromatic N) is 2. The number of hydrogen-bond donors (Lipinski definition) is 1. The summed E-state index contributed by atoms with van der Waals surface area (Å²) in [5.41, 5.74) is 3.52. The first-order chi connectivity index (χ1) is 9.20. The molecule has 4 heteroatoms. The summed E-state index contributed by atoms with van der Waals surface area (Å²) >= 11 is 1.60. The molecule has 1 aromatic carbocycles.